The van der Waals surface area contributed by atoms with Crippen LogP contribution in [-0.4, -0.2) is 6.36 Å². The highest BCUT2D eigenvalue weighted by Crippen LogP contribution is 2.34. The van der Waals surface area contributed by atoms with Gasteiger partial charge in [0.2, 0.25) is 0 Å². The highest BCUT2D eigenvalue weighted by atomic mass is 79.9. The minimum atomic E-state index is -4.77. The summed E-state index contributed by atoms with van der Waals surface area (Å²) in [5.41, 5.74) is 6.72. The third-order valence-electron chi connectivity index (χ3n) is 2.45. The van der Waals surface area contributed by atoms with Crippen LogP contribution in [0.4, 0.5) is 34.6 Å². The van der Waals surface area contributed by atoms with Crippen LogP contribution in [0.2, 0.25) is 0 Å². The third-order valence-corrected chi connectivity index (χ3v) is 3.07. The summed E-state index contributed by atoms with van der Waals surface area (Å²) in [6.07, 6.45) is -4.77. The molecule has 21 heavy (non-hydrogen) atoms. The van der Waals surface area contributed by atoms with E-state index in [9.17, 15) is 17.6 Å². The van der Waals surface area contributed by atoms with Crippen molar-refractivity contribution in [1.29, 1.82) is 0 Å². The molecule has 112 valence electrons. The summed E-state index contributed by atoms with van der Waals surface area (Å²) in [4.78, 5) is 0. The number of benzene rings is 2. The Morgan fingerprint density at radius 3 is 2.38 bits per heavy atom. The molecule has 0 aliphatic rings. The second-order valence-electron chi connectivity index (χ2n) is 4.05. The normalized spacial score (nSPS) is 11.3. The Kier molecular flexibility index (Phi) is 4.26. The standard InChI is InChI=1S/C13H9BrF4N2O/c14-9-6-8(2-4-12(9)21-13(16,17)18)20-11-3-1-7(15)5-10(11)19/h1-6,20H,19H2. The van der Waals surface area contributed by atoms with Gasteiger partial charge in [0.15, 0.2) is 0 Å². The van der Waals surface area contributed by atoms with Crippen molar-refractivity contribution < 1.29 is 22.3 Å². The molecule has 0 aliphatic carbocycles. The summed E-state index contributed by atoms with van der Waals surface area (Å²) in [5, 5.41) is 2.87. The molecule has 3 nitrogen and oxygen atoms in total. The van der Waals surface area contributed by atoms with E-state index in [1.54, 1.807) is 0 Å². The lowest BCUT2D eigenvalue weighted by Crippen LogP contribution is -2.17. The van der Waals surface area contributed by atoms with Gasteiger partial charge < -0.3 is 15.8 Å². The van der Waals surface area contributed by atoms with Crippen LogP contribution in [0.3, 0.4) is 0 Å². The molecule has 2 aromatic carbocycles. The molecule has 0 bridgehead atoms. The smallest absolute Gasteiger partial charge is 0.405 e. The summed E-state index contributed by atoms with van der Waals surface area (Å²) >= 11 is 2.99. The van der Waals surface area contributed by atoms with Crippen LogP contribution >= 0.6 is 15.9 Å². The minimum absolute atomic E-state index is 0.116. The third kappa shape index (κ3) is 4.25. The molecule has 0 saturated carbocycles. The van der Waals surface area contributed by atoms with Crippen molar-refractivity contribution in [2.75, 3.05) is 11.1 Å². The van der Waals surface area contributed by atoms with Gasteiger partial charge in [-0.2, -0.15) is 0 Å². The van der Waals surface area contributed by atoms with E-state index in [0.29, 0.717) is 11.4 Å². The molecule has 8 heteroatoms. The number of rotatable bonds is 3. The monoisotopic (exact) mass is 364 g/mol. The van der Waals surface area contributed by atoms with Crippen LogP contribution in [-0.2, 0) is 0 Å². The number of nitrogens with one attached hydrogen (secondary N) is 1. The highest BCUT2D eigenvalue weighted by Gasteiger charge is 2.31. The maximum absolute atomic E-state index is 12.9. The van der Waals surface area contributed by atoms with Gasteiger partial charge in [-0.05, 0) is 52.3 Å². The number of nitrogen functional groups attached to an aromatic ring is 1. The van der Waals surface area contributed by atoms with E-state index < -0.39 is 12.2 Å². The predicted molar refractivity (Wildman–Crippen MR) is 74.9 cm³/mol. The van der Waals surface area contributed by atoms with Crippen molar-refractivity contribution in [3.05, 3.63) is 46.7 Å². The largest absolute Gasteiger partial charge is 0.573 e. The number of nitrogens with two attached hydrogens (primary N) is 1. The molecule has 0 aliphatic heterocycles. The topological polar surface area (TPSA) is 47.3 Å². The summed E-state index contributed by atoms with van der Waals surface area (Å²) < 4.78 is 53.3. The Balaban J connectivity index is 2.20. The van der Waals surface area contributed by atoms with E-state index in [2.05, 4.69) is 26.0 Å². The first-order valence-electron chi connectivity index (χ1n) is 5.62. The Morgan fingerprint density at radius 1 is 1.10 bits per heavy atom. The fraction of sp³-hybridized carbons (Fsp3) is 0.0769. The maximum Gasteiger partial charge on any atom is 0.573 e. The molecule has 3 N–H and O–H groups in total. The molecular weight excluding hydrogens is 356 g/mol. The lowest BCUT2D eigenvalue weighted by Gasteiger charge is -2.13. The first-order chi connectivity index (χ1) is 9.74. The number of halogens is 5. The van der Waals surface area contributed by atoms with Crippen LogP contribution in [0.15, 0.2) is 40.9 Å². The lowest BCUT2D eigenvalue weighted by molar-refractivity contribution is -0.274. The van der Waals surface area contributed by atoms with Crippen LogP contribution in [0.25, 0.3) is 0 Å². The fourth-order valence-electron chi connectivity index (χ4n) is 1.59. The molecule has 0 amide bonds. The Hall–Kier alpha value is -1.96. The van der Waals surface area contributed by atoms with E-state index in [1.807, 2.05) is 0 Å². The average molecular weight is 365 g/mol. The zero-order valence-corrected chi connectivity index (χ0v) is 11.9. The molecule has 0 atom stereocenters. The number of hydrogen-bond donors (Lipinski definition) is 2. The fourth-order valence-corrected chi connectivity index (χ4v) is 2.05. The maximum atomic E-state index is 12.9. The zero-order valence-electron chi connectivity index (χ0n) is 10.3. The van der Waals surface area contributed by atoms with Gasteiger partial charge in [0.05, 0.1) is 15.8 Å². The molecule has 2 aromatic rings. The molecule has 0 heterocycles. The zero-order chi connectivity index (χ0) is 15.6. The molecule has 0 radical (unpaired) electrons. The van der Waals surface area contributed by atoms with Gasteiger partial charge in [-0.3, -0.25) is 0 Å². The van der Waals surface area contributed by atoms with Gasteiger partial charge in [-0.25, -0.2) is 4.39 Å². The van der Waals surface area contributed by atoms with E-state index in [-0.39, 0.29) is 15.9 Å². The van der Waals surface area contributed by atoms with Crippen LogP contribution in [0.1, 0.15) is 0 Å². The van der Waals surface area contributed by atoms with Crippen LogP contribution < -0.4 is 15.8 Å². The predicted octanol–water partition coefficient (Wildman–Crippen LogP) is 4.81. The van der Waals surface area contributed by atoms with Crippen molar-refractivity contribution in [3.63, 3.8) is 0 Å². The van der Waals surface area contributed by atoms with Crippen LogP contribution in [0.5, 0.6) is 5.75 Å². The van der Waals surface area contributed by atoms with Gasteiger partial charge in [0.25, 0.3) is 0 Å². The van der Waals surface area contributed by atoms with Gasteiger partial charge >= 0.3 is 6.36 Å². The van der Waals surface area contributed by atoms with Crippen molar-refractivity contribution in [2.45, 2.75) is 6.36 Å². The van der Waals surface area contributed by atoms with Gasteiger partial charge in [-0.1, -0.05) is 0 Å². The Labute approximate surface area is 125 Å². The van der Waals surface area contributed by atoms with Crippen molar-refractivity contribution in [2.24, 2.45) is 0 Å². The minimum Gasteiger partial charge on any atom is -0.405 e. The lowest BCUT2D eigenvalue weighted by atomic mass is 10.2. The molecule has 2 rings (SSSR count). The van der Waals surface area contributed by atoms with Gasteiger partial charge in [-0.15, -0.1) is 13.2 Å². The van der Waals surface area contributed by atoms with E-state index in [0.717, 1.165) is 12.1 Å². The Bertz CT molecular complexity index is 661. The van der Waals surface area contributed by atoms with E-state index >= 15 is 0 Å². The molecule has 0 saturated heterocycles. The van der Waals surface area contributed by atoms with Crippen molar-refractivity contribution in [1.82, 2.24) is 0 Å². The summed E-state index contributed by atoms with van der Waals surface area (Å²) in [6, 6.07) is 7.71. The molecule has 0 spiro atoms. The second-order valence-corrected chi connectivity index (χ2v) is 4.90. The molecule has 0 fully saturated rings. The average Bonchev–Trinajstić information content (AvgIpc) is 2.35. The molecule has 0 aromatic heterocycles. The van der Waals surface area contributed by atoms with E-state index in [1.165, 1.54) is 24.3 Å². The molecular formula is C13H9BrF4N2O. The summed E-state index contributed by atoms with van der Waals surface area (Å²) in [6.45, 7) is 0. The van der Waals surface area contributed by atoms with Crippen molar-refractivity contribution in [3.8, 4) is 5.75 Å². The second kappa shape index (κ2) is 5.80. The molecule has 0 unspecified atom stereocenters. The number of alkyl halides is 3. The first-order valence-corrected chi connectivity index (χ1v) is 6.41. The van der Waals surface area contributed by atoms with Crippen LogP contribution in [0, 0.1) is 5.82 Å². The van der Waals surface area contributed by atoms with Gasteiger partial charge in [0, 0.05) is 5.69 Å². The highest BCUT2D eigenvalue weighted by molar-refractivity contribution is 9.10. The quantitative estimate of drug-likeness (QED) is 0.606. The Morgan fingerprint density at radius 2 is 1.81 bits per heavy atom. The number of hydrogen-bond acceptors (Lipinski definition) is 3. The number of anilines is 3. The van der Waals surface area contributed by atoms with Crippen molar-refractivity contribution >= 4 is 33.0 Å². The first kappa shape index (κ1) is 15.4. The van der Waals surface area contributed by atoms with E-state index in [4.69, 9.17) is 5.73 Å². The van der Waals surface area contributed by atoms with Gasteiger partial charge in [0.1, 0.15) is 11.6 Å². The SMILES string of the molecule is Nc1cc(F)ccc1Nc1ccc(OC(F)(F)F)c(Br)c1. The number of ether oxygens (including phenoxy) is 1. The summed E-state index contributed by atoms with van der Waals surface area (Å²) in [7, 11) is 0. The summed E-state index contributed by atoms with van der Waals surface area (Å²) in [5.74, 6) is -0.840.